The molecule has 1 aromatic carbocycles. The zero-order valence-corrected chi connectivity index (χ0v) is 12.4. The van der Waals surface area contributed by atoms with Crippen LogP contribution in [0.4, 0.5) is 5.82 Å². The lowest BCUT2D eigenvalue weighted by Crippen LogP contribution is -1.95. The third-order valence-corrected chi connectivity index (χ3v) is 4.38. The second-order valence-electron chi connectivity index (χ2n) is 6.33. The molecule has 1 aromatic heterocycles. The number of nitrogen functional groups attached to an aromatic ring is 1. The van der Waals surface area contributed by atoms with E-state index in [1.54, 1.807) is 7.11 Å². The molecule has 3 N–H and O–H groups in total. The quantitative estimate of drug-likeness (QED) is 0.898. The lowest BCUT2D eigenvalue weighted by atomic mass is 9.98. The Labute approximate surface area is 119 Å². The number of aromatic nitrogens is 2. The number of rotatable bonds is 3. The second-order valence-corrected chi connectivity index (χ2v) is 6.33. The minimum Gasteiger partial charge on any atom is -0.496 e. The Morgan fingerprint density at radius 1 is 1.40 bits per heavy atom. The molecule has 20 heavy (non-hydrogen) atoms. The molecular formula is C16H21N3O. The number of H-pyrrole nitrogens is 1. The van der Waals surface area contributed by atoms with E-state index in [-0.39, 0.29) is 0 Å². The number of hydrogen-bond donors (Lipinski definition) is 2. The largest absolute Gasteiger partial charge is 0.496 e. The number of nitrogens with two attached hydrogens (primary N) is 1. The first-order chi connectivity index (χ1) is 9.44. The molecule has 1 unspecified atom stereocenters. The molecule has 0 saturated heterocycles. The monoisotopic (exact) mass is 271 g/mol. The first kappa shape index (κ1) is 13.0. The maximum absolute atomic E-state index is 6.07. The summed E-state index contributed by atoms with van der Waals surface area (Å²) < 4.78 is 5.41. The van der Waals surface area contributed by atoms with Gasteiger partial charge in [-0.15, -0.1) is 0 Å². The van der Waals surface area contributed by atoms with E-state index in [0.29, 0.717) is 17.2 Å². The van der Waals surface area contributed by atoms with Crippen LogP contribution in [0.3, 0.4) is 0 Å². The lowest BCUT2D eigenvalue weighted by Gasteiger charge is -2.10. The van der Waals surface area contributed by atoms with Crippen LogP contribution < -0.4 is 10.5 Å². The van der Waals surface area contributed by atoms with Gasteiger partial charge in [0.05, 0.1) is 7.11 Å². The van der Waals surface area contributed by atoms with Crippen LogP contribution in [0.15, 0.2) is 18.2 Å². The highest BCUT2D eigenvalue weighted by Crippen LogP contribution is 2.60. The van der Waals surface area contributed by atoms with Gasteiger partial charge >= 0.3 is 0 Å². The lowest BCUT2D eigenvalue weighted by molar-refractivity contribution is 0.412. The van der Waals surface area contributed by atoms with E-state index in [2.05, 4.69) is 36.2 Å². The smallest absolute Gasteiger partial charge is 0.153 e. The third-order valence-electron chi connectivity index (χ3n) is 4.38. The van der Waals surface area contributed by atoms with Gasteiger partial charge in [-0.1, -0.05) is 26.0 Å². The first-order valence-corrected chi connectivity index (χ1v) is 6.93. The maximum atomic E-state index is 6.07. The van der Waals surface area contributed by atoms with Crippen molar-refractivity contribution in [3.8, 4) is 16.9 Å². The highest BCUT2D eigenvalue weighted by Gasteiger charge is 2.48. The molecule has 3 rings (SSSR count). The minimum atomic E-state index is 0.336. The number of aryl methyl sites for hydroxylation is 1. The Hall–Kier alpha value is -1.97. The van der Waals surface area contributed by atoms with Gasteiger partial charge in [-0.3, -0.25) is 5.10 Å². The Bertz CT molecular complexity index is 658. The Balaban J connectivity index is 2.08. The number of benzene rings is 1. The Morgan fingerprint density at radius 2 is 2.10 bits per heavy atom. The van der Waals surface area contributed by atoms with E-state index in [9.17, 15) is 0 Å². The summed E-state index contributed by atoms with van der Waals surface area (Å²) in [4.78, 5) is 0. The predicted octanol–water partition coefficient (Wildman–Crippen LogP) is 3.49. The van der Waals surface area contributed by atoms with Crippen LogP contribution in [-0.2, 0) is 0 Å². The van der Waals surface area contributed by atoms with Gasteiger partial charge in [-0.2, -0.15) is 5.10 Å². The zero-order chi connectivity index (χ0) is 14.5. The van der Waals surface area contributed by atoms with Gasteiger partial charge < -0.3 is 10.5 Å². The molecule has 0 aliphatic heterocycles. The summed E-state index contributed by atoms with van der Waals surface area (Å²) in [6.45, 7) is 6.58. The molecule has 4 heteroatoms. The fourth-order valence-electron chi connectivity index (χ4n) is 2.86. The average molecular weight is 271 g/mol. The van der Waals surface area contributed by atoms with E-state index >= 15 is 0 Å². The van der Waals surface area contributed by atoms with Crippen molar-refractivity contribution < 1.29 is 4.74 Å². The van der Waals surface area contributed by atoms with Gasteiger partial charge in [-0.05, 0) is 36.0 Å². The predicted molar refractivity (Wildman–Crippen MR) is 80.9 cm³/mol. The molecule has 1 fully saturated rings. The molecule has 0 amide bonds. The molecule has 1 aliphatic rings. The number of methoxy groups -OCH3 is 1. The van der Waals surface area contributed by atoms with E-state index in [4.69, 9.17) is 10.5 Å². The van der Waals surface area contributed by atoms with E-state index in [1.807, 2.05) is 13.0 Å². The van der Waals surface area contributed by atoms with E-state index in [0.717, 1.165) is 28.1 Å². The van der Waals surface area contributed by atoms with Crippen LogP contribution in [0.2, 0.25) is 0 Å². The summed E-state index contributed by atoms with van der Waals surface area (Å²) in [5.74, 6) is 1.95. The Kier molecular flexibility index (Phi) is 2.78. The number of aromatic amines is 1. The molecule has 106 valence electrons. The summed E-state index contributed by atoms with van der Waals surface area (Å²) in [6.07, 6.45) is 1.17. The van der Waals surface area contributed by atoms with Crippen molar-refractivity contribution in [2.75, 3.05) is 12.8 Å². The number of hydrogen-bond acceptors (Lipinski definition) is 3. The standard InChI is InChI=1S/C16H21N3O/c1-9-5-6-10(7-12(9)20-4)13-14(18-19-15(13)17)11-8-16(11,2)3/h5-7,11H,8H2,1-4H3,(H3,17,18,19). The molecule has 1 heterocycles. The molecule has 0 spiro atoms. The van der Waals surface area contributed by atoms with Crippen LogP contribution in [0, 0.1) is 12.3 Å². The van der Waals surface area contributed by atoms with Crippen LogP contribution >= 0.6 is 0 Å². The highest BCUT2D eigenvalue weighted by atomic mass is 16.5. The van der Waals surface area contributed by atoms with E-state index in [1.165, 1.54) is 6.42 Å². The fourth-order valence-corrected chi connectivity index (χ4v) is 2.86. The van der Waals surface area contributed by atoms with Crippen molar-refractivity contribution in [2.45, 2.75) is 33.1 Å². The Morgan fingerprint density at radius 3 is 2.70 bits per heavy atom. The van der Waals surface area contributed by atoms with Gasteiger partial charge in [0, 0.05) is 17.2 Å². The fraction of sp³-hybridized carbons (Fsp3) is 0.438. The molecule has 1 aliphatic carbocycles. The van der Waals surface area contributed by atoms with Crippen molar-refractivity contribution in [3.63, 3.8) is 0 Å². The minimum absolute atomic E-state index is 0.336. The SMILES string of the molecule is COc1cc(-c2c(N)n[nH]c2C2CC2(C)C)ccc1C. The number of anilines is 1. The summed E-state index contributed by atoms with van der Waals surface area (Å²) in [7, 11) is 1.69. The number of ether oxygens (including phenoxy) is 1. The highest BCUT2D eigenvalue weighted by molar-refractivity contribution is 5.78. The van der Waals surface area contributed by atoms with Crippen LogP contribution in [0.5, 0.6) is 5.75 Å². The van der Waals surface area contributed by atoms with Crippen molar-refractivity contribution in [3.05, 3.63) is 29.5 Å². The summed E-state index contributed by atoms with van der Waals surface area (Å²) in [6, 6.07) is 6.18. The van der Waals surface area contributed by atoms with Crippen molar-refractivity contribution in [1.82, 2.24) is 10.2 Å². The van der Waals surface area contributed by atoms with Gasteiger partial charge in [0.2, 0.25) is 0 Å². The van der Waals surface area contributed by atoms with Gasteiger partial charge in [0.15, 0.2) is 5.82 Å². The maximum Gasteiger partial charge on any atom is 0.153 e. The normalized spacial score (nSPS) is 19.9. The first-order valence-electron chi connectivity index (χ1n) is 6.93. The topological polar surface area (TPSA) is 63.9 Å². The van der Waals surface area contributed by atoms with Gasteiger partial charge in [0.25, 0.3) is 0 Å². The van der Waals surface area contributed by atoms with Gasteiger partial charge in [0.1, 0.15) is 5.75 Å². The summed E-state index contributed by atoms with van der Waals surface area (Å²) in [5.41, 5.74) is 10.8. The van der Waals surface area contributed by atoms with Crippen LogP contribution in [0.1, 0.15) is 37.4 Å². The molecule has 0 radical (unpaired) electrons. The summed E-state index contributed by atoms with van der Waals surface area (Å²) in [5, 5.41) is 7.34. The summed E-state index contributed by atoms with van der Waals surface area (Å²) >= 11 is 0. The molecule has 1 saturated carbocycles. The second kappa shape index (κ2) is 4.27. The molecule has 1 atom stereocenters. The molecule has 2 aromatic rings. The molecular weight excluding hydrogens is 250 g/mol. The molecule has 0 bridgehead atoms. The zero-order valence-electron chi connectivity index (χ0n) is 12.4. The number of nitrogens with zero attached hydrogens (tertiary/aromatic N) is 1. The van der Waals surface area contributed by atoms with E-state index < -0.39 is 0 Å². The van der Waals surface area contributed by atoms with Crippen molar-refractivity contribution >= 4 is 5.82 Å². The van der Waals surface area contributed by atoms with Crippen LogP contribution in [0.25, 0.3) is 11.1 Å². The average Bonchev–Trinajstić information content (AvgIpc) is 2.87. The van der Waals surface area contributed by atoms with Crippen molar-refractivity contribution in [1.29, 1.82) is 0 Å². The number of nitrogens with one attached hydrogen (secondary N) is 1. The van der Waals surface area contributed by atoms with Gasteiger partial charge in [-0.25, -0.2) is 0 Å². The molecule has 4 nitrogen and oxygen atoms in total. The van der Waals surface area contributed by atoms with Crippen molar-refractivity contribution in [2.24, 2.45) is 5.41 Å². The van der Waals surface area contributed by atoms with Crippen LogP contribution in [-0.4, -0.2) is 17.3 Å². The third kappa shape index (κ3) is 1.96.